The van der Waals surface area contributed by atoms with Gasteiger partial charge in [-0.3, -0.25) is 0 Å². The van der Waals surface area contributed by atoms with Crippen molar-refractivity contribution in [2.24, 2.45) is 11.8 Å². The number of nitrogens with zero attached hydrogens (tertiary/aromatic N) is 6. The molecule has 256 valence electrons. The molecule has 6 nitrogen and oxygen atoms in total. The Labute approximate surface area is 288 Å². The van der Waals surface area contributed by atoms with Crippen LogP contribution >= 0.6 is 24.1 Å². The summed E-state index contributed by atoms with van der Waals surface area (Å²) in [6.07, 6.45) is 9.57. The molecular weight excluding hydrogens is 612 g/mol. The Hall–Kier alpha value is -1.49. The number of aryl methyl sites for hydroxylation is 1. The third kappa shape index (κ3) is 10.8. The van der Waals surface area contributed by atoms with Crippen molar-refractivity contribution in [3.8, 4) is 0 Å². The number of benzene rings is 2. The molecule has 2 aromatic rings. The van der Waals surface area contributed by atoms with Gasteiger partial charge in [0.2, 0.25) is 0 Å². The van der Waals surface area contributed by atoms with Gasteiger partial charge in [-0.05, 0) is 124 Å². The van der Waals surface area contributed by atoms with Crippen LogP contribution < -0.4 is 9.80 Å². The average molecular weight is 671 g/mol. The van der Waals surface area contributed by atoms with E-state index in [1.54, 1.807) is 12.1 Å². The monoisotopic (exact) mass is 670 g/mol. The predicted octanol–water partition coefficient (Wildman–Crippen LogP) is 7.90. The van der Waals surface area contributed by atoms with Gasteiger partial charge in [0.25, 0.3) is 0 Å². The molecule has 0 radical (unpaired) electrons. The fourth-order valence-corrected chi connectivity index (χ4v) is 9.75. The molecule has 3 aliphatic rings. The van der Waals surface area contributed by atoms with Crippen molar-refractivity contribution in [2.45, 2.75) is 76.7 Å². The van der Waals surface area contributed by atoms with E-state index in [0.717, 1.165) is 57.3 Å². The van der Waals surface area contributed by atoms with Crippen LogP contribution in [0.4, 0.5) is 15.8 Å². The first-order chi connectivity index (χ1) is 22.2. The van der Waals surface area contributed by atoms with Gasteiger partial charge in [-0.1, -0.05) is 26.2 Å². The molecular formula is C37H59FN6S2. The molecule has 0 spiro atoms. The lowest BCUT2D eigenvalue weighted by Crippen LogP contribution is -2.50. The second kappa shape index (κ2) is 17.8. The fraction of sp³-hybridized carbons (Fsp3) is 0.676. The third-order valence-corrected chi connectivity index (χ3v) is 12.3. The Morgan fingerprint density at radius 1 is 0.783 bits per heavy atom. The first-order valence-corrected chi connectivity index (χ1v) is 19.4. The van der Waals surface area contributed by atoms with Gasteiger partial charge in [0.15, 0.2) is 0 Å². The number of anilines is 2. The maximum Gasteiger partial charge on any atom is 0.123 e. The lowest BCUT2D eigenvalue weighted by Gasteiger charge is -2.42. The Balaban J connectivity index is 1.24. The van der Waals surface area contributed by atoms with Crippen LogP contribution in [0, 0.1) is 24.6 Å². The van der Waals surface area contributed by atoms with E-state index in [4.69, 9.17) is 0 Å². The summed E-state index contributed by atoms with van der Waals surface area (Å²) in [6, 6.07) is 14.7. The van der Waals surface area contributed by atoms with E-state index in [1.165, 1.54) is 80.9 Å². The largest absolute Gasteiger partial charge is 0.378 e. The summed E-state index contributed by atoms with van der Waals surface area (Å²) in [5, 5.41) is 0. The van der Waals surface area contributed by atoms with E-state index in [9.17, 15) is 4.39 Å². The standard InChI is InChI=1S/C37H59FN6S2/c1-30-26-42(45-36-16-14-35(15-17-36)39(4)5)21-9-19-40(29-33-11-7-6-8-12-33)20-10-22-43(27-30)46-44-24-23-41(28-32(44)3)37-18-13-34(38)25-31(37)2/h13-18,25,30,32-33H,6-12,19-24,26-29H2,1-5H3. The van der Waals surface area contributed by atoms with Gasteiger partial charge >= 0.3 is 0 Å². The van der Waals surface area contributed by atoms with Crippen LogP contribution in [0.15, 0.2) is 47.4 Å². The van der Waals surface area contributed by atoms with Gasteiger partial charge in [-0.2, -0.15) is 0 Å². The van der Waals surface area contributed by atoms with Crippen LogP contribution in [0.5, 0.6) is 0 Å². The van der Waals surface area contributed by atoms with E-state index in [0.29, 0.717) is 12.0 Å². The normalized spacial score (nSPS) is 24.4. The van der Waals surface area contributed by atoms with Crippen LogP contribution in [0.25, 0.3) is 0 Å². The second-order valence-electron chi connectivity index (χ2n) is 14.3. The SMILES string of the molecule is Cc1cc(F)ccc1N1CCN(SN2CCCN(CC3CCCCC3)CCCN(Sc3ccc(N(C)C)cc3)CC(C)C2)C(C)C1. The average Bonchev–Trinajstić information content (AvgIpc) is 3.02. The van der Waals surface area contributed by atoms with Gasteiger partial charge in [0.1, 0.15) is 5.82 Å². The van der Waals surface area contributed by atoms with Crippen LogP contribution in [0.3, 0.4) is 0 Å². The number of halogens is 1. The molecule has 2 saturated heterocycles. The molecule has 1 saturated carbocycles. The number of piperazine rings is 1. The third-order valence-electron chi connectivity index (χ3n) is 9.91. The van der Waals surface area contributed by atoms with Crippen molar-refractivity contribution in [1.82, 2.24) is 17.8 Å². The molecule has 0 amide bonds. The molecule has 3 fully saturated rings. The van der Waals surface area contributed by atoms with Crippen molar-refractivity contribution in [3.05, 3.63) is 53.8 Å². The zero-order valence-corrected chi connectivity index (χ0v) is 30.8. The molecule has 46 heavy (non-hydrogen) atoms. The Morgan fingerprint density at radius 2 is 1.48 bits per heavy atom. The second-order valence-corrected chi connectivity index (χ2v) is 16.6. The molecule has 2 unspecified atom stereocenters. The highest BCUT2D eigenvalue weighted by atomic mass is 32.2. The zero-order chi connectivity index (χ0) is 32.5. The zero-order valence-electron chi connectivity index (χ0n) is 29.2. The predicted molar refractivity (Wildman–Crippen MR) is 198 cm³/mol. The Kier molecular flexibility index (Phi) is 13.8. The van der Waals surface area contributed by atoms with E-state index in [-0.39, 0.29) is 5.82 Å². The summed E-state index contributed by atoms with van der Waals surface area (Å²) in [7, 11) is 4.21. The molecule has 5 rings (SSSR count). The Morgan fingerprint density at radius 3 is 2.15 bits per heavy atom. The smallest absolute Gasteiger partial charge is 0.123 e. The summed E-state index contributed by atoms with van der Waals surface area (Å²) < 4.78 is 21.7. The molecule has 2 aromatic carbocycles. The molecule has 2 heterocycles. The van der Waals surface area contributed by atoms with Crippen molar-refractivity contribution in [2.75, 3.05) is 89.3 Å². The molecule has 0 aromatic heterocycles. The summed E-state index contributed by atoms with van der Waals surface area (Å²) in [4.78, 5) is 8.76. The topological polar surface area (TPSA) is 19.4 Å². The summed E-state index contributed by atoms with van der Waals surface area (Å²) in [5.41, 5.74) is 3.45. The van der Waals surface area contributed by atoms with E-state index in [1.807, 2.05) is 37.1 Å². The highest BCUT2D eigenvalue weighted by Crippen LogP contribution is 2.31. The highest BCUT2D eigenvalue weighted by Gasteiger charge is 2.28. The van der Waals surface area contributed by atoms with Crippen molar-refractivity contribution < 1.29 is 4.39 Å². The molecule has 2 atom stereocenters. The van der Waals surface area contributed by atoms with Gasteiger partial charge in [0.05, 0.1) is 0 Å². The van der Waals surface area contributed by atoms with Gasteiger partial charge in [-0.15, -0.1) is 0 Å². The maximum atomic E-state index is 13.8. The van der Waals surface area contributed by atoms with Crippen molar-refractivity contribution in [3.63, 3.8) is 0 Å². The lowest BCUT2D eigenvalue weighted by molar-refractivity contribution is 0.183. The first kappa shape index (κ1) is 35.8. The minimum atomic E-state index is -0.149. The minimum absolute atomic E-state index is 0.149. The summed E-state index contributed by atoms with van der Waals surface area (Å²) in [5.74, 6) is 1.30. The Bertz CT molecular complexity index is 1190. The number of hydrogen-bond acceptors (Lipinski definition) is 8. The van der Waals surface area contributed by atoms with E-state index in [2.05, 4.69) is 79.8 Å². The number of hydrogen-bond donors (Lipinski definition) is 0. The fourth-order valence-electron chi connectivity index (χ4n) is 7.42. The van der Waals surface area contributed by atoms with Gasteiger partial charge in [-0.25, -0.2) is 17.3 Å². The highest BCUT2D eigenvalue weighted by molar-refractivity contribution is 7.97. The van der Waals surface area contributed by atoms with Gasteiger partial charge < -0.3 is 14.7 Å². The van der Waals surface area contributed by atoms with Crippen LogP contribution in [0.2, 0.25) is 0 Å². The van der Waals surface area contributed by atoms with Crippen molar-refractivity contribution >= 4 is 35.5 Å². The van der Waals surface area contributed by atoms with Crippen LogP contribution in [0.1, 0.15) is 64.4 Å². The maximum absolute atomic E-state index is 13.8. The van der Waals surface area contributed by atoms with Crippen LogP contribution in [-0.4, -0.2) is 103 Å². The molecule has 1 aliphatic carbocycles. The van der Waals surface area contributed by atoms with Gasteiger partial charge in [0, 0.05) is 101 Å². The van der Waals surface area contributed by atoms with Crippen molar-refractivity contribution in [1.29, 1.82) is 0 Å². The quantitative estimate of drug-likeness (QED) is 0.261. The molecule has 0 bridgehead atoms. The molecule has 0 N–H and O–H groups in total. The molecule has 2 aliphatic heterocycles. The summed E-state index contributed by atoms with van der Waals surface area (Å²) >= 11 is 3.93. The van der Waals surface area contributed by atoms with E-state index >= 15 is 0 Å². The minimum Gasteiger partial charge on any atom is -0.378 e. The lowest BCUT2D eigenvalue weighted by atomic mass is 9.89. The first-order valence-electron chi connectivity index (χ1n) is 17.9. The number of rotatable bonds is 8. The van der Waals surface area contributed by atoms with Crippen LogP contribution in [-0.2, 0) is 0 Å². The molecule has 9 heteroatoms. The van der Waals surface area contributed by atoms with E-state index < -0.39 is 0 Å². The summed E-state index contributed by atoms with van der Waals surface area (Å²) in [6.45, 7) is 17.9.